The molecule has 8 nitrogen and oxygen atoms in total. The quantitative estimate of drug-likeness (QED) is 0.435. The zero-order chi connectivity index (χ0) is 22.4. The van der Waals surface area contributed by atoms with Crippen LogP contribution in [0.15, 0.2) is 59.0 Å². The van der Waals surface area contributed by atoms with E-state index in [4.69, 9.17) is 20.8 Å². The van der Waals surface area contributed by atoms with Gasteiger partial charge < -0.3 is 19.2 Å². The molecule has 0 radical (unpaired) electrons. The molecule has 0 aliphatic carbocycles. The van der Waals surface area contributed by atoms with Gasteiger partial charge in [-0.3, -0.25) is 9.59 Å². The summed E-state index contributed by atoms with van der Waals surface area (Å²) in [5, 5.41) is 2.69. The molecule has 3 aromatic rings. The summed E-state index contributed by atoms with van der Waals surface area (Å²) in [4.78, 5) is 46.6. The van der Waals surface area contributed by atoms with Gasteiger partial charge in [0, 0.05) is 11.3 Å². The lowest BCUT2D eigenvalue weighted by Gasteiger charge is -2.09. The van der Waals surface area contributed by atoms with Crippen molar-refractivity contribution < 1.29 is 33.1 Å². The van der Waals surface area contributed by atoms with Crippen molar-refractivity contribution in [3.8, 4) is 11.3 Å². The molecule has 1 aromatic heterocycles. The van der Waals surface area contributed by atoms with E-state index in [0.717, 1.165) is 0 Å². The molecule has 158 valence electrons. The molecule has 0 fully saturated rings. The first-order chi connectivity index (χ1) is 14.9. The minimum atomic E-state index is -0.693. The summed E-state index contributed by atoms with van der Waals surface area (Å²) < 4.78 is 15.0. The Morgan fingerprint density at radius 1 is 1.03 bits per heavy atom. The molecule has 0 spiro atoms. The predicted molar refractivity (Wildman–Crippen MR) is 111 cm³/mol. The van der Waals surface area contributed by atoms with Gasteiger partial charge in [-0.15, -0.1) is 0 Å². The number of carbonyl (C=O) groups excluding carboxylic acids is 4. The summed E-state index contributed by atoms with van der Waals surface area (Å²) in [6, 6.07) is 13.8. The third-order valence-corrected chi connectivity index (χ3v) is 4.47. The second-order valence-corrected chi connectivity index (χ2v) is 6.61. The molecule has 0 atom stereocenters. The van der Waals surface area contributed by atoms with E-state index in [-0.39, 0.29) is 21.9 Å². The van der Waals surface area contributed by atoms with E-state index < -0.39 is 24.5 Å². The summed E-state index contributed by atoms with van der Waals surface area (Å²) in [5.41, 5.74) is 1.30. The molecule has 1 heterocycles. The van der Waals surface area contributed by atoms with Crippen molar-refractivity contribution in [3.05, 3.63) is 76.5 Å². The van der Waals surface area contributed by atoms with E-state index in [1.54, 1.807) is 18.2 Å². The third kappa shape index (κ3) is 5.37. The van der Waals surface area contributed by atoms with Crippen LogP contribution in [0, 0.1) is 0 Å². The van der Waals surface area contributed by atoms with E-state index in [9.17, 15) is 19.2 Å². The second-order valence-electron chi connectivity index (χ2n) is 6.21. The first-order valence-electron chi connectivity index (χ1n) is 8.91. The molecule has 1 amide bonds. The highest BCUT2D eigenvalue weighted by molar-refractivity contribution is 6.33. The van der Waals surface area contributed by atoms with Crippen molar-refractivity contribution in [2.24, 2.45) is 0 Å². The Hall–Kier alpha value is -3.91. The van der Waals surface area contributed by atoms with Crippen LogP contribution in [0.25, 0.3) is 11.3 Å². The smallest absolute Gasteiger partial charge is 0.339 e. The highest BCUT2D eigenvalue weighted by Crippen LogP contribution is 2.23. The van der Waals surface area contributed by atoms with Gasteiger partial charge in [0.25, 0.3) is 5.91 Å². The molecule has 31 heavy (non-hydrogen) atoms. The fourth-order valence-corrected chi connectivity index (χ4v) is 2.82. The van der Waals surface area contributed by atoms with Gasteiger partial charge in [-0.1, -0.05) is 23.7 Å². The minimum absolute atomic E-state index is 0.0934. The maximum absolute atomic E-state index is 12.2. The van der Waals surface area contributed by atoms with Gasteiger partial charge in [0.1, 0.15) is 5.76 Å². The van der Waals surface area contributed by atoms with Crippen LogP contribution in [0.1, 0.15) is 31.3 Å². The molecule has 2 aromatic carbocycles. The van der Waals surface area contributed by atoms with E-state index in [1.165, 1.54) is 43.5 Å². The van der Waals surface area contributed by atoms with E-state index >= 15 is 0 Å². The first kappa shape index (κ1) is 21.8. The molecule has 0 bridgehead atoms. The Morgan fingerprint density at radius 2 is 1.77 bits per heavy atom. The fourth-order valence-electron chi connectivity index (χ4n) is 2.62. The lowest BCUT2D eigenvalue weighted by Crippen LogP contribution is -2.21. The number of furan rings is 1. The molecular formula is C22H16ClNO7. The lowest BCUT2D eigenvalue weighted by atomic mass is 10.1. The van der Waals surface area contributed by atoms with Crippen LogP contribution in [0.4, 0.5) is 5.69 Å². The Labute approximate surface area is 181 Å². The van der Waals surface area contributed by atoms with Crippen molar-refractivity contribution in [2.45, 2.75) is 0 Å². The summed E-state index contributed by atoms with van der Waals surface area (Å²) in [6.07, 6.45) is 0.598. The first-order valence-corrected chi connectivity index (χ1v) is 9.29. The standard InChI is InChI=1S/C22H16ClNO7/c1-29-22(28)17-10-15(6-8-18(17)23)24-20(26)12-30-21(27)14-4-2-13(3-5-14)19-9-7-16(11-25)31-19/h2-11H,12H2,1H3,(H,24,26). The average Bonchev–Trinajstić information content (AvgIpc) is 3.27. The number of methoxy groups -OCH3 is 1. The number of esters is 2. The summed E-state index contributed by atoms with van der Waals surface area (Å²) in [6.45, 7) is -0.530. The lowest BCUT2D eigenvalue weighted by molar-refractivity contribution is -0.119. The van der Waals surface area contributed by atoms with Crippen molar-refractivity contribution in [1.82, 2.24) is 0 Å². The van der Waals surface area contributed by atoms with Crippen LogP contribution >= 0.6 is 11.6 Å². The topological polar surface area (TPSA) is 112 Å². The van der Waals surface area contributed by atoms with Crippen molar-refractivity contribution >= 4 is 41.4 Å². The molecule has 3 rings (SSSR count). The number of hydrogen-bond acceptors (Lipinski definition) is 7. The van der Waals surface area contributed by atoms with Gasteiger partial charge in [-0.05, 0) is 42.5 Å². The van der Waals surface area contributed by atoms with Gasteiger partial charge in [-0.2, -0.15) is 0 Å². The van der Waals surface area contributed by atoms with Gasteiger partial charge >= 0.3 is 11.9 Å². The van der Waals surface area contributed by atoms with Crippen LogP contribution in [-0.4, -0.2) is 37.8 Å². The van der Waals surface area contributed by atoms with Gasteiger partial charge in [0.05, 0.1) is 23.3 Å². The number of carbonyl (C=O) groups is 4. The molecule has 9 heteroatoms. The summed E-state index contributed by atoms with van der Waals surface area (Å²) in [7, 11) is 1.22. The molecule has 0 saturated heterocycles. The number of hydrogen-bond donors (Lipinski definition) is 1. The number of nitrogens with one attached hydrogen (secondary N) is 1. The van der Waals surface area contributed by atoms with E-state index in [2.05, 4.69) is 10.1 Å². The molecular weight excluding hydrogens is 426 g/mol. The number of halogens is 1. The number of rotatable bonds is 7. The molecule has 0 aliphatic rings. The molecule has 0 saturated carbocycles. The van der Waals surface area contributed by atoms with Crippen LogP contribution < -0.4 is 5.32 Å². The van der Waals surface area contributed by atoms with Crippen LogP contribution in [0.2, 0.25) is 5.02 Å². The molecule has 0 aliphatic heterocycles. The Morgan fingerprint density at radius 3 is 2.42 bits per heavy atom. The highest BCUT2D eigenvalue weighted by Gasteiger charge is 2.14. The number of benzene rings is 2. The normalized spacial score (nSPS) is 10.3. The maximum atomic E-state index is 12.2. The average molecular weight is 442 g/mol. The van der Waals surface area contributed by atoms with Gasteiger partial charge in [-0.25, -0.2) is 9.59 Å². The molecule has 0 unspecified atom stereocenters. The summed E-state index contributed by atoms with van der Waals surface area (Å²) >= 11 is 5.93. The molecule has 1 N–H and O–H groups in total. The van der Waals surface area contributed by atoms with Gasteiger partial charge in [0.15, 0.2) is 18.7 Å². The SMILES string of the molecule is COC(=O)c1cc(NC(=O)COC(=O)c2ccc(-c3ccc(C=O)o3)cc2)ccc1Cl. The van der Waals surface area contributed by atoms with Crippen LogP contribution in [-0.2, 0) is 14.3 Å². The van der Waals surface area contributed by atoms with Crippen LogP contribution in [0.5, 0.6) is 0 Å². The highest BCUT2D eigenvalue weighted by atomic mass is 35.5. The number of ether oxygens (including phenoxy) is 2. The largest absolute Gasteiger partial charge is 0.465 e. The zero-order valence-electron chi connectivity index (χ0n) is 16.2. The fraction of sp³-hybridized carbons (Fsp3) is 0.0909. The maximum Gasteiger partial charge on any atom is 0.339 e. The Bertz CT molecular complexity index is 1140. The monoisotopic (exact) mass is 441 g/mol. The second kappa shape index (κ2) is 9.73. The zero-order valence-corrected chi connectivity index (χ0v) is 17.0. The minimum Gasteiger partial charge on any atom is -0.465 e. The van der Waals surface area contributed by atoms with E-state index in [0.29, 0.717) is 23.3 Å². The third-order valence-electron chi connectivity index (χ3n) is 4.14. The number of anilines is 1. The number of aldehydes is 1. The Kier molecular flexibility index (Phi) is 6.84. The summed E-state index contributed by atoms with van der Waals surface area (Å²) in [5.74, 6) is -1.26. The van der Waals surface area contributed by atoms with Gasteiger partial charge in [0.2, 0.25) is 0 Å². The van der Waals surface area contributed by atoms with Crippen molar-refractivity contribution in [1.29, 1.82) is 0 Å². The predicted octanol–water partition coefficient (Wildman–Crippen LogP) is 3.99. The van der Waals surface area contributed by atoms with E-state index in [1.807, 2.05) is 0 Å². The number of amides is 1. The Balaban J connectivity index is 1.57. The van der Waals surface area contributed by atoms with Crippen molar-refractivity contribution in [3.63, 3.8) is 0 Å². The van der Waals surface area contributed by atoms with Crippen molar-refractivity contribution in [2.75, 3.05) is 19.0 Å². The van der Waals surface area contributed by atoms with Crippen LogP contribution in [0.3, 0.4) is 0 Å².